The zero-order chi connectivity index (χ0) is 12.8. The first-order valence-corrected chi connectivity index (χ1v) is 6.17. The summed E-state index contributed by atoms with van der Waals surface area (Å²) >= 11 is 0. The normalized spacial score (nSPS) is 11.2. The van der Waals surface area contributed by atoms with Gasteiger partial charge in [-0.1, -0.05) is 42.5 Å². The van der Waals surface area contributed by atoms with Crippen molar-refractivity contribution >= 4 is 6.08 Å². The lowest BCUT2D eigenvalue weighted by Gasteiger charge is -1.99. The highest BCUT2D eigenvalue weighted by atomic mass is 15.2. The zero-order valence-corrected chi connectivity index (χ0v) is 10.9. The van der Waals surface area contributed by atoms with Gasteiger partial charge in [-0.2, -0.15) is 5.10 Å². The van der Waals surface area contributed by atoms with Crippen LogP contribution in [0.15, 0.2) is 42.6 Å². The minimum atomic E-state index is 0.860. The second-order valence-electron chi connectivity index (χ2n) is 4.36. The maximum Gasteiger partial charge on any atom is 0.0638 e. The largest absolute Gasteiger partial charge is 0.309 e. The molecule has 0 saturated carbocycles. The molecule has 0 aliphatic heterocycles. The van der Waals surface area contributed by atoms with Gasteiger partial charge in [0.1, 0.15) is 0 Å². The molecule has 0 aliphatic carbocycles. The molecule has 0 spiro atoms. The Balaban J connectivity index is 1.76. The van der Waals surface area contributed by atoms with Gasteiger partial charge in [0.05, 0.1) is 5.69 Å². The predicted octanol–water partition coefficient (Wildman–Crippen LogP) is 2.53. The van der Waals surface area contributed by atoms with Gasteiger partial charge in [0.2, 0.25) is 0 Å². The van der Waals surface area contributed by atoms with E-state index in [1.165, 1.54) is 11.1 Å². The van der Waals surface area contributed by atoms with Crippen molar-refractivity contribution in [3.05, 3.63) is 59.4 Å². The lowest BCUT2D eigenvalue weighted by atomic mass is 10.2. The van der Waals surface area contributed by atoms with E-state index in [4.69, 9.17) is 0 Å². The van der Waals surface area contributed by atoms with Gasteiger partial charge >= 0.3 is 0 Å². The molecule has 3 nitrogen and oxygen atoms in total. The molecule has 0 atom stereocenters. The Bertz CT molecular complexity index is 512. The minimum absolute atomic E-state index is 0.860. The number of benzene rings is 1. The Labute approximate surface area is 108 Å². The lowest BCUT2D eigenvalue weighted by Crippen LogP contribution is -2.12. The molecule has 3 heteroatoms. The van der Waals surface area contributed by atoms with E-state index in [9.17, 15) is 0 Å². The standard InChI is InChI=1S/C15H19N3/c1-13-15(12-18(2)17-13)11-16-10-6-9-14-7-4-3-5-8-14/h3-9,12,16H,10-11H2,1-2H3/b9-6+. The molecule has 0 fully saturated rings. The maximum absolute atomic E-state index is 4.32. The fourth-order valence-corrected chi connectivity index (χ4v) is 1.87. The van der Waals surface area contributed by atoms with E-state index in [-0.39, 0.29) is 0 Å². The molecule has 1 N–H and O–H groups in total. The average molecular weight is 241 g/mol. The van der Waals surface area contributed by atoms with Crippen LogP contribution in [0, 0.1) is 6.92 Å². The van der Waals surface area contributed by atoms with Gasteiger partial charge in [-0.25, -0.2) is 0 Å². The highest BCUT2D eigenvalue weighted by molar-refractivity contribution is 5.48. The van der Waals surface area contributed by atoms with Gasteiger partial charge in [-0.15, -0.1) is 0 Å². The second-order valence-corrected chi connectivity index (χ2v) is 4.36. The van der Waals surface area contributed by atoms with Crippen LogP contribution in [0.2, 0.25) is 0 Å². The van der Waals surface area contributed by atoms with E-state index in [1.807, 2.05) is 36.9 Å². The van der Waals surface area contributed by atoms with E-state index in [0.29, 0.717) is 0 Å². The van der Waals surface area contributed by atoms with Crippen molar-refractivity contribution in [1.29, 1.82) is 0 Å². The summed E-state index contributed by atoms with van der Waals surface area (Å²) in [6, 6.07) is 10.3. The molecule has 0 bridgehead atoms. The van der Waals surface area contributed by atoms with Crippen molar-refractivity contribution in [2.75, 3.05) is 6.54 Å². The van der Waals surface area contributed by atoms with Crippen LogP contribution in [0.1, 0.15) is 16.8 Å². The number of nitrogens with one attached hydrogen (secondary N) is 1. The van der Waals surface area contributed by atoms with Crippen LogP contribution in [-0.4, -0.2) is 16.3 Å². The molecule has 0 aliphatic rings. The molecule has 1 aromatic carbocycles. The van der Waals surface area contributed by atoms with Crippen LogP contribution >= 0.6 is 0 Å². The van der Waals surface area contributed by atoms with Gasteiger partial charge in [0.15, 0.2) is 0 Å². The van der Waals surface area contributed by atoms with Gasteiger partial charge in [0.25, 0.3) is 0 Å². The van der Waals surface area contributed by atoms with Gasteiger partial charge < -0.3 is 5.32 Å². The number of aromatic nitrogens is 2. The van der Waals surface area contributed by atoms with Crippen molar-refractivity contribution in [3.8, 4) is 0 Å². The molecule has 2 rings (SSSR count). The Morgan fingerprint density at radius 3 is 2.72 bits per heavy atom. The van der Waals surface area contributed by atoms with E-state index >= 15 is 0 Å². The average Bonchev–Trinajstić information content (AvgIpc) is 2.69. The topological polar surface area (TPSA) is 29.9 Å². The summed E-state index contributed by atoms with van der Waals surface area (Å²) in [7, 11) is 1.95. The quantitative estimate of drug-likeness (QED) is 0.815. The molecule has 1 aromatic heterocycles. The first-order valence-electron chi connectivity index (χ1n) is 6.17. The molecule has 0 unspecified atom stereocenters. The fourth-order valence-electron chi connectivity index (χ4n) is 1.87. The molecule has 18 heavy (non-hydrogen) atoms. The maximum atomic E-state index is 4.32. The van der Waals surface area contributed by atoms with Crippen LogP contribution in [0.3, 0.4) is 0 Å². The van der Waals surface area contributed by atoms with Crippen molar-refractivity contribution in [1.82, 2.24) is 15.1 Å². The van der Waals surface area contributed by atoms with Crippen LogP contribution in [-0.2, 0) is 13.6 Å². The molecule has 0 saturated heterocycles. The van der Waals surface area contributed by atoms with E-state index in [1.54, 1.807) is 0 Å². The Hall–Kier alpha value is -1.87. The van der Waals surface area contributed by atoms with Crippen LogP contribution in [0.5, 0.6) is 0 Å². The smallest absolute Gasteiger partial charge is 0.0638 e. The number of rotatable bonds is 5. The van der Waals surface area contributed by atoms with E-state index in [0.717, 1.165) is 18.8 Å². The summed E-state index contributed by atoms with van der Waals surface area (Å²) in [5.74, 6) is 0. The first-order chi connectivity index (χ1) is 8.75. The Morgan fingerprint density at radius 2 is 2.06 bits per heavy atom. The third-order valence-corrected chi connectivity index (χ3v) is 2.80. The van der Waals surface area contributed by atoms with Crippen LogP contribution in [0.25, 0.3) is 6.08 Å². The summed E-state index contributed by atoms with van der Waals surface area (Å²) in [5.41, 5.74) is 3.58. The number of nitrogens with zero attached hydrogens (tertiary/aromatic N) is 2. The van der Waals surface area contributed by atoms with Crippen molar-refractivity contribution in [2.24, 2.45) is 7.05 Å². The summed E-state index contributed by atoms with van der Waals surface area (Å²) in [6.07, 6.45) is 6.33. The Morgan fingerprint density at radius 1 is 1.28 bits per heavy atom. The summed E-state index contributed by atoms with van der Waals surface area (Å²) in [4.78, 5) is 0. The van der Waals surface area contributed by atoms with Crippen LogP contribution < -0.4 is 5.32 Å². The second kappa shape index (κ2) is 6.17. The monoisotopic (exact) mass is 241 g/mol. The summed E-state index contributed by atoms with van der Waals surface area (Å²) < 4.78 is 1.85. The third kappa shape index (κ3) is 3.57. The lowest BCUT2D eigenvalue weighted by molar-refractivity contribution is 0.750. The zero-order valence-electron chi connectivity index (χ0n) is 10.9. The number of aryl methyl sites for hydroxylation is 2. The van der Waals surface area contributed by atoms with Crippen LogP contribution in [0.4, 0.5) is 0 Å². The van der Waals surface area contributed by atoms with E-state index in [2.05, 4.69) is 40.9 Å². The highest BCUT2D eigenvalue weighted by Crippen LogP contribution is 2.04. The molecular formula is C15H19N3. The number of hydrogen-bond acceptors (Lipinski definition) is 2. The van der Waals surface area contributed by atoms with E-state index < -0.39 is 0 Å². The summed E-state index contributed by atoms with van der Waals surface area (Å²) in [6.45, 7) is 3.76. The first kappa shape index (κ1) is 12.6. The van der Waals surface area contributed by atoms with Gasteiger partial charge in [-0.3, -0.25) is 4.68 Å². The number of hydrogen-bond donors (Lipinski definition) is 1. The third-order valence-electron chi connectivity index (χ3n) is 2.80. The van der Waals surface area contributed by atoms with Crippen molar-refractivity contribution in [2.45, 2.75) is 13.5 Å². The minimum Gasteiger partial charge on any atom is -0.309 e. The predicted molar refractivity (Wildman–Crippen MR) is 75.1 cm³/mol. The van der Waals surface area contributed by atoms with Crippen molar-refractivity contribution < 1.29 is 0 Å². The molecule has 2 aromatic rings. The molecule has 1 heterocycles. The SMILES string of the molecule is Cc1nn(C)cc1CNC/C=C/c1ccccc1. The molecule has 94 valence electrons. The molecule has 0 radical (unpaired) electrons. The molecule has 0 amide bonds. The fraction of sp³-hybridized carbons (Fsp3) is 0.267. The van der Waals surface area contributed by atoms with Crippen molar-refractivity contribution in [3.63, 3.8) is 0 Å². The highest BCUT2D eigenvalue weighted by Gasteiger charge is 2.00. The van der Waals surface area contributed by atoms with Gasteiger partial charge in [-0.05, 0) is 12.5 Å². The molecular weight excluding hydrogens is 222 g/mol. The Kier molecular flexibility index (Phi) is 4.31. The summed E-state index contributed by atoms with van der Waals surface area (Å²) in [5, 5.41) is 7.70. The van der Waals surface area contributed by atoms with Gasteiger partial charge in [0, 0.05) is 31.9 Å².